The number of nitrogens with one attached hydrogen (secondary N) is 1. The van der Waals surface area contributed by atoms with Crippen molar-refractivity contribution in [3.05, 3.63) is 29.4 Å². The predicted molar refractivity (Wildman–Crippen MR) is 80.7 cm³/mol. The highest BCUT2D eigenvalue weighted by molar-refractivity contribution is 5.94. The van der Waals surface area contributed by atoms with Crippen LogP contribution in [0.15, 0.2) is 18.1 Å². The lowest BCUT2D eigenvalue weighted by molar-refractivity contribution is 0.366. The average Bonchev–Trinajstić information content (AvgIpc) is 2.78. The van der Waals surface area contributed by atoms with Gasteiger partial charge in [0.25, 0.3) is 0 Å². The van der Waals surface area contributed by atoms with Crippen molar-refractivity contribution in [1.82, 2.24) is 9.78 Å². The van der Waals surface area contributed by atoms with Gasteiger partial charge in [0.05, 0.1) is 5.69 Å². The smallest absolute Gasteiger partial charge is 0.181 e. The molecule has 0 spiro atoms. The molecule has 3 N–H and O–H groups in total. The zero-order valence-corrected chi connectivity index (χ0v) is 12.8. The van der Waals surface area contributed by atoms with Crippen molar-refractivity contribution in [2.24, 2.45) is 17.6 Å². The highest BCUT2D eigenvalue weighted by Gasteiger charge is 2.17. The number of nitrogens with two attached hydrogens (primary N) is 1. The van der Waals surface area contributed by atoms with Crippen LogP contribution in [-0.4, -0.2) is 22.2 Å². The van der Waals surface area contributed by atoms with Crippen LogP contribution < -0.4 is 5.73 Å². The van der Waals surface area contributed by atoms with E-state index in [1.165, 1.54) is 10.8 Å². The second kappa shape index (κ2) is 7.33. The van der Waals surface area contributed by atoms with Gasteiger partial charge in [-0.2, -0.15) is 5.10 Å². The van der Waals surface area contributed by atoms with Crippen molar-refractivity contribution in [2.45, 2.75) is 40.5 Å². The van der Waals surface area contributed by atoms with E-state index in [0.29, 0.717) is 18.4 Å². The Balaban J connectivity index is 2.83. The fraction of sp³-hybridized carbons (Fsp3) is 0.600. The highest BCUT2D eigenvalue weighted by Crippen LogP contribution is 2.21. The Hall–Kier alpha value is -1.49. The first kappa shape index (κ1) is 16.6. The minimum absolute atomic E-state index is 0.218. The van der Waals surface area contributed by atoms with Crippen LogP contribution in [0.25, 0.3) is 0 Å². The van der Waals surface area contributed by atoms with Crippen molar-refractivity contribution >= 4 is 5.84 Å². The summed E-state index contributed by atoms with van der Waals surface area (Å²) in [6.45, 7) is 8.54. The fourth-order valence-electron chi connectivity index (χ4n) is 2.15. The molecule has 0 aliphatic carbocycles. The van der Waals surface area contributed by atoms with E-state index in [0.717, 1.165) is 24.1 Å². The highest BCUT2D eigenvalue weighted by atomic mass is 19.1. The number of hydrogen-bond acceptors (Lipinski definition) is 3. The van der Waals surface area contributed by atoms with Gasteiger partial charge in [0.15, 0.2) is 11.7 Å². The molecule has 0 fully saturated rings. The molecule has 112 valence electrons. The summed E-state index contributed by atoms with van der Waals surface area (Å²) in [5.41, 5.74) is 7.51. The van der Waals surface area contributed by atoms with E-state index in [1.807, 2.05) is 6.92 Å². The third-order valence-electron chi connectivity index (χ3n) is 3.84. The van der Waals surface area contributed by atoms with Gasteiger partial charge in [0.1, 0.15) is 0 Å². The van der Waals surface area contributed by atoms with E-state index < -0.39 is 5.83 Å². The first-order valence-corrected chi connectivity index (χ1v) is 7.07. The molecule has 2 unspecified atom stereocenters. The van der Waals surface area contributed by atoms with Crippen molar-refractivity contribution in [1.29, 1.82) is 5.41 Å². The van der Waals surface area contributed by atoms with Gasteiger partial charge >= 0.3 is 0 Å². The third-order valence-corrected chi connectivity index (χ3v) is 3.84. The summed E-state index contributed by atoms with van der Waals surface area (Å²) >= 11 is 0. The second-order valence-corrected chi connectivity index (χ2v) is 5.41. The van der Waals surface area contributed by atoms with Crippen LogP contribution in [0.1, 0.15) is 38.4 Å². The minimum Gasteiger partial charge on any atom is -0.330 e. The Morgan fingerprint density at radius 3 is 2.70 bits per heavy atom. The number of rotatable bonds is 6. The van der Waals surface area contributed by atoms with Crippen LogP contribution in [0.3, 0.4) is 0 Å². The van der Waals surface area contributed by atoms with Crippen molar-refractivity contribution in [3.8, 4) is 0 Å². The molecule has 0 saturated carbocycles. The first-order chi connectivity index (χ1) is 9.40. The molecule has 2 atom stereocenters. The zero-order valence-electron chi connectivity index (χ0n) is 12.8. The number of nitrogens with zero attached hydrogens (tertiary/aromatic N) is 2. The van der Waals surface area contributed by atoms with Crippen molar-refractivity contribution < 1.29 is 4.39 Å². The number of aromatic nitrogens is 2. The number of aryl methyl sites for hydroxylation is 1. The Kier molecular flexibility index (Phi) is 6.07. The van der Waals surface area contributed by atoms with Gasteiger partial charge in [-0.15, -0.1) is 0 Å². The summed E-state index contributed by atoms with van der Waals surface area (Å²) < 4.78 is 14.7. The maximum absolute atomic E-state index is 13.4. The van der Waals surface area contributed by atoms with Crippen LogP contribution in [0.2, 0.25) is 0 Å². The molecule has 4 nitrogen and oxygen atoms in total. The summed E-state index contributed by atoms with van der Waals surface area (Å²) in [5, 5.41) is 11.9. The van der Waals surface area contributed by atoms with Gasteiger partial charge in [-0.3, -0.25) is 5.41 Å². The van der Waals surface area contributed by atoms with Crippen LogP contribution in [0, 0.1) is 24.2 Å². The van der Waals surface area contributed by atoms with Crippen LogP contribution in [-0.2, 0) is 6.42 Å². The molecule has 0 aromatic carbocycles. The first-order valence-electron chi connectivity index (χ1n) is 7.07. The van der Waals surface area contributed by atoms with E-state index in [1.54, 1.807) is 13.1 Å². The second-order valence-electron chi connectivity index (χ2n) is 5.41. The van der Waals surface area contributed by atoms with Gasteiger partial charge in [0, 0.05) is 6.20 Å². The SMILES string of the molecule is CC=C(F)C(=N)n1cc(CC(C)C(C)CCN)c(C)n1. The maximum Gasteiger partial charge on any atom is 0.181 e. The van der Waals surface area contributed by atoms with Gasteiger partial charge in [-0.25, -0.2) is 9.07 Å². The number of hydrogen-bond donors (Lipinski definition) is 2. The van der Waals surface area contributed by atoms with Gasteiger partial charge < -0.3 is 5.73 Å². The zero-order chi connectivity index (χ0) is 15.3. The lowest BCUT2D eigenvalue weighted by Gasteiger charge is -2.18. The van der Waals surface area contributed by atoms with Gasteiger partial charge in [-0.1, -0.05) is 13.8 Å². The maximum atomic E-state index is 13.4. The third kappa shape index (κ3) is 4.00. The number of halogens is 1. The molecule has 1 aromatic heterocycles. The molecule has 5 heteroatoms. The summed E-state index contributed by atoms with van der Waals surface area (Å²) in [5.74, 6) is 0.234. The molecular weight excluding hydrogens is 255 g/mol. The van der Waals surface area contributed by atoms with E-state index in [4.69, 9.17) is 11.1 Å². The quantitative estimate of drug-likeness (QED) is 0.621. The summed E-state index contributed by atoms with van der Waals surface area (Å²) in [4.78, 5) is 0. The van der Waals surface area contributed by atoms with Crippen molar-refractivity contribution in [3.63, 3.8) is 0 Å². The van der Waals surface area contributed by atoms with Gasteiger partial charge in [0.2, 0.25) is 0 Å². The van der Waals surface area contributed by atoms with Crippen LogP contribution >= 0.6 is 0 Å². The Labute approximate surface area is 120 Å². The van der Waals surface area contributed by atoms with E-state index in [-0.39, 0.29) is 5.84 Å². The minimum atomic E-state index is -0.566. The molecule has 0 radical (unpaired) electrons. The van der Waals surface area contributed by atoms with E-state index in [2.05, 4.69) is 18.9 Å². The normalized spacial score (nSPS) is 15.2. The van der Waals surface area contributed by atoms with Gasteiger partial charge in [-0.05, 0) is 56.7 Å². The molecule has 1 rings (SSSR count). The largest absolute Gasteiger partial charge is 0.330 e. The molecule has 20 heavy (non-hydrogen) atoms. The fourth-order valence-corrected chi connectivity index (χ4v) is 2.15. The molecule has 1 aromatic rings. The Bertz CT molecular complexity index is 490. The standard InChI is InChI=1S/C15H25FN4/c1-5-14(16)15(18)20-9-13(12(4)19-20)8-11(3)10(2)6-7-17/h5,9-11,18H,6-8,17H2,1-4H3. The summed E-state index contributed by atoms with van der Waals surface area (Å²) in [6, 6.07) is 0. The van der Waals surface area contributed by atoms with E-state index in [9.17, 15) is 4.39 Å². The molecular formula is C15H25FN4. The lowest BCUT2D eigenvalue weighted by Crippen LogP contribution is -2.15. The predicted octanol–water partition coefficient (Wildman–Crippen LogP) is 3.05. The van der Waals surface area contributed by atoms with Crippen LogP contribution in [0.5, 0.6) is 0 Å². The topological polar surface area (TPSA) is 67.7 Å². The molecule has 0 bridgehead atoms. The summed E-state index contributed by atoms with van der Waals surface area (Å²) in [6.07, 6.45) is 4.90. The molecule has 0 amide bonds. The van der Waals surface area contributed by atoms with E-state index >= 15 is 0 Å². The molecule has 0 aliphatic rings. The molecule has 0 saturated heterocycles. The molecule has 0 aliphatic heterocycles. The Morgan fingerprint density at radius 2 is 2.15 bits per heavy atom. The van der Waals surface area contributed by atoms with Crippen LogP contribution in [0.4, 0.5) is 4.39 Å². The average molecular weight is 280 g/mol. The lowest BCUT2D eigenvalue weighted by atomic mass is 9.88. The summed E-state index contributed by atoms with van der Waals surface area (Å²) in [7, 11) is 0. The Morgan fingerprint density at radius 1 is 1.50 bits per heavy atom. The number of allylic oxidation sites excluding steroid dienone is 2. The molecule has 1 heterocycles. The van der Waals surface area contributed by atoms with Crippen molar-refractivity contribution in [2.75, 3.05) is 6.54 Å². The monoisotopic (exact) mass is 280 g/mol.